The van der Waals surface area contributed by atoms with Crippen LogP contribution < -0.4 is 20.2 Å². The van der Waals surface area contributed by atoms with Gasteiger partial charge in [0.05, 0.1) is 18.9 Å². The summed E-state index contributed by atoms with van der Waals surface area (Å²) in [6.07, 6.45) is 1.35. The van der Waals surface area contributed by atoms with Gasteiger partial charge >= 0.3 is 17.8 Å². The lowest BCUT2D eigenvalue weighted by Gasteiger charge is -2.08. The van der Waals surface area contributed by atoms with E-state index in [1.165, 1.54) is 13.3 Å². The van der Waals surface area contributed by atoms with Crippen LogP contribution in [0.1, 0.15) is 21.5 Å². The summed E-state index contributed by atoms with van der Waals surface area (Å²) in [4.78, 5) is 36.2. The Kier molecular flexibility index (Phi) is 7.77. The number of ether oxygens (including phenoxy) is 2. The molecule has 0 unspecified atom stereocenters. The van der Waals surface area contributed by atoms with E-state index in [0.717, 1.165) is 0 Å². The zero-order chi connectivity index (χ0) is 23.8. The minimum atomic E-state index is -0.936. The average molecular weight is 466 g/mol. The Morgan fingerprint density at radius 1 is 0.939 bits per heavy atom. The predicted octanol–water partition coefficient (Wildman–Crippen LogP) is 3.97. The topological polar surface area (TPSA) is 106 Å². The lowest BCUT2D eigenvalue weighted by Crippen LogP contribution is -2.32. The fourth-order valence-corrected chi connectivity index (χ4v) is 2.85. The maximum atomic E-state index is 12.3. The van der Waals surface area contributed by atoms with E-state index in [4.69, 9.17) is 21.1 Å². The van der Waals surface area contributed by atoms with Crippen LogP contribution in [0.5, 0.6) is 11.5 Å². The first-order valence-electron chi connectivity index (χ1n) is 9.73. The number of amides is 2. The molecular weight excluding hydrogens is 446 g/mol. The molecule has 0 radical (unpaired) electrons. The van der Waals surface area contributed by atoms with E-state index in [-0.39, 0.29) is 0 Å². The van der Waals surface area contributed by atoms with Crippen LogP contribution in [-0.4, -0.2) is 31.1 Å². The molecule has 168 valence electrons. The Balaban J connectivity index is 1.53. The van der Waals surface area contributed by atoms with Gasteiger partial charge in [-0.15, -0.1) is 0 Å². The van der Waals surface area contributed by atoms with E-state index < -0.39 is 17.8 Å². The van der Waals surface area contributed by atoms with Gasteiger partial charge in [-0.2, -0.15) is 5.10 Å². The number of nitrogens with zero attached hydrogens (tertiary/aromatic N) is 1. The highest BCUT2D eigenvalue weighted by Gasteiger charge is 2.14. The highest BCUT2D eigenvalue weighted by atomic mass is 35.5. The van der Waals surface area contributed by atoms with E-state index >= 15 is 0 Å². The van der Waals surface area contributed by atoms with Crippen molar-refractivity contribution in [2.75, 3.05) is 12.4 Å². The molecule has 2 amide bonds. The van der Waals surface area contributed by atoms with Gasteiger partial charge in [0.2, 0.25) is 0 Å². The number of anilines is 1. The van der Waals surface area contributed by atoms with Crippen LogP contribution in [0, 0.1) is 6.92 Å². The minimum absolute atomic E-state index is 0.334. The van der Waals surface area contributed by atoms with Crippen LogP contribution in [0.2, 0.25) is 5.02 Å². The number of rotatable bonds is 6. The van der Waals surface area contributed by atoms with Crippen molar-refractivity contribution < 1.29 is 23.9 Å². The zero-order valence-electron chi connectivity index (χ0n) is 17.8. The highest BCUT2D eigenvalue weighted by molar-refractivity contribution is 6.40. The average Bonchev–Trinajstić information content (AvgIpc) is 2.83. The third kappa shape index (κ3) is 6.41. The SMILES string of the molecule is COc1cccc(C(=O)Oc2ccc(C=NNC(=O)C(=O)Nc3cccc(Cl)c3C)cc2)c1. The Morgan fingerprint density at radius 3 is 2.39 bits per heavy atom. The van der Waals surface area contributed by atoms with E-state index in [1.54, 1.807) is 73.7 Å². The smallest absolute Gasteiger partial charge is 0.343 e. The van der Waals surface area contributed by atoms with Crippen LogP contribution in [0.25, 0.3) is 0 Å². The standard InChI is InChI=1S/C24H20ClN3O5/c1-15-20(25)7-4-8-21(15)27-22(29)23(30)28-26-14-16-9-11-18(12-10-16)33-24(31)17-5-3-6-19(13-17)32-2/h3-14H,1-2H3,(H,27,29)(H,28,30). The summed E-state index contributed by atoms with van der Waals surface area (Å²) < 4.78 is 10.4. The van der Waals surface area contributed by atoms with Gasteiger partial charge < -0.3 is 14.8 Å². The summed E-state index contributed by atoms with van der Waals surface area (Å²) >= 11 is 6.00. The first-order chi connectivity index (χ1) is 15.9. The summed E-state index contributed by atoms with van der Waals surface area (Å²) in [7, 11) is 1.51. The van der Waals surface area contributed by atoms with Crippen molar-refractivity contribution in [3.05, 3.63) is 88.4 Å². The van der Waals surface area contributed by atoms with E-state index in [1.807, 2.05) is 0 Å². The van der Waals surface area contributed by atoms with Gasteiger partial charge in [0.25, 0.3) is 0 Å². The number of carbonyl (C=O) groups is 3. The van der Waals surface area contributed by atoms with Crippen molar-refractivity contribution in [1.29, 1.82) is 0 Å². The Morgan fingerprint density at radius 2 is 1.67 bits per heavy atom. The van der Waals surface area contributed by atoms with Crippen molar-refractivity contribution >= 4 is 41.3 Å². The molecule has 33 heavy (non-hydrogen) atoms. The Hall–Kier alpha value is -4.17. The molecular formula is C24H20ClN3O5. The predicted molar refractivity (Wildman–Crippen MR) is 125 cm³/mol. The normalized spacial score (nSPS) is 10.5. The van der Waals surface area contributed by atoms with Gasteiger partial charge in [-0.25, -0.2) is 10.2 Å². The third-order valence-electron chi connectivity index (χ3n) is 4.50. The largest absolute Gasteiger partial charge is 0.497 e. The number of hydrogen-bond donors (Lipinski definition) is 2. The van der Waals surface area contributed by atoms with Gasteiger partial charge in [0.1, 0.15) is 11.5 Å². The summed E-state index contributed by atoms with van der Waals surface area (Å²) in [5, 5.41) is 6.72. The third-order valence-corrected chi connectivity index (χ3v) is 4.91. The van der Waals surface area contributed by atoms with Crippen molar-refractivity contribution in [3.63, 3.8) is 0 Å². The summed E-state index contributed by atoms with van der Waals surface area (Å²) in [6.45, 7) is 1.73. The first kappa shape index (κ1) is 23.5. The molecule has 3 aromatic rings. The number of methoxy groups -OCH3 is 1. The maximum absolute atomic E-state index is 12.3. The number of nitrogens with one attached hydrogen (secondary N) is 2. The molecule has 8 nitrogen and oxygen atoms in total. The Bertz CT molecular complexity index is 1210. The summed E-state index contributed by atoms with van der Waals surface area (Å²) in [6, 6.07) is 18.0. The molecule has 3 aromatic carbocycles. The molecule has 0 aromatic heterocycles. The molecule has 0 aliphatic rings. The Labute approximate surface area is 195 Å². The lowest BCUT2D eigenvalue weighted by atomic mass is 10.2. The van der Waals surface area contributed by atoms with Crippen LogP contribution in [0.3, 0.4) is 0 Å². The van der Waals surface area contributed by atoms with Crippen LogP contribution in [0.15, 0.2) is 71.8 Å². The number of hydrogen-bond acceptors (Lipinski definition) is 6. The fraction of sp³-hybridized carbons (Fsp3) is 0.0833. The van der Waals surface area contributed by atoms with Gasteiger partial charge in [0.15, 0.2) is 0 Å². The van der Waals surface area contributed by atoms with Gasteiger partial charge in [-0.3, -0.25) is 9.59 Å². The monoisotopic (exact) mass is 465 g/mol. The molecule has 3 rings (SSSR count). The second-order valence-electron chi connectivity index (χ2n) is 6.76. The number of hydrazone groups is 1. The van der Waals surface area contributed by atoms with Gasteiger partial charge in [-0.1, -0.05) is 23.7 Å². The molecule has 0 heterocycles. The zero-order valence-corrected chi connectivity index (χ0v) is 18.6. The van der Waals surface area contributed by atoms with Gasteiger partial charge in [0, 0.05) is 10.7 Å². The van der Waals surface area contributed by atoms with E-state index in [2.05, 4.69) is 15.8 Å². The lowest BCUT2D eigenvalue weighted by molar-refractivity contribution is -0.136. The molecule has 0 saturated heterocycles. The van der Waals surface area contributed by atoms with Crippen molar-refractivity contribution in [1.82, 2.24) is 5.43 Å². The number of halogens is 1. The van der Waals surface area contributed by atoms with E-state index in [0.29, 0.717) is 38.9 Å². The van der Waals surface area contributed by atoms with Crippen LogP contribution >= 0.6 is 11.6 Å². The molecule has 0 atom stereocenters. The molecule has 0 saturated carbocycles. The maximum Gasteiger partial charge on any atom is 0.343 e. The molecule has 0 spiro atoms. The second kappa shape index (κ2) is 10.9. The van der Waals surface area contributed by atoms with Crippen molar-refractivity contribution in [3.8, 4) is 11.5 Å². The molecule has 0 aliphatic carbocycles. The quantitative estimate of drug-likeness (QED) is 0.188. The van der Waals surface area contributed by atoms with Crippen molar-refractivity contribution in [2.45, 2.75) is 6.92 Å². The van der Waals surface area contributed by atoms with Crippen LogP contribution in [-0.2, 0) is 9.59 Å². The molecule has 0 bridgehead atoms. The summed E-state index contributed by atoms with van der Waals surface area (Å²) in [5.74, 6) is -1.45. The van der Waals surface area contributed by atoms with Crippen molar-refractivity contribution in [2.24, 2.45) is 5.10 Å². The molecule has 0 fully saturated rings. The second-order valence-corrected chi connectivity index (χ2v) is 7.16. The number of esters is 1. The first-order valence-corrected chi connectivity index (χ1v) is 10.1. The molecule has 9 heteroatoms. The van der Waals surface area contributed by atoms with Gasteiger partial charge in [-0.05, 0) is 72.6 Å². The van der Waals surface area contributed by atoms with E-state index in [9.17, 15) is 14.4 Å². The summed E-state index contributed by atoms with van der Waals surface area (Å²) in [5.41, 5.74) is 4.21. The molecule has 2 N–H and O–H groups in total. The number of benzene rings is 3. The minimum Gasteiger partial charge on any atom is -0.497 e. The highest BCUT2D eigenvalue weighted by Crippen LogP contribution is 2.22. The van der Waals surface area contributed by atoms with Crippen LogP contribution in [0.4, 0.5) is 5.69 Å². The molecule has 0 aliphatic heterocycles. The fourth-order valence-electron chi connectivity index (χ4n) is 2.68. The number of carbonyl (C=O) groups excluding carboxylic acids is 3.